The van der Waals surface area contributed by atoms with Gasteiger partial charge in [-0.05, 0) is 0 Å². The van der Waals surface area contributed by atoms with E-state index in [1.54, 1.807) is 0 Å². The minimum Gasteiger partial charge on any atom is -0.507 e. The lowest BCUT2D eigenvalue weighted by atomic mass is 10.1. The van der Waals surface area contributed by atoms with Crippen molar-refractivity contribution in [3.8, 4) is 17.2 Å². The average Bonchev–Trinajstić information content (AvgIpc) is 2.27. The Balaban J connectivity index is 3.46. The van der Waals surface area contributed by atoms with Crippen molar-refractivity contribution in [2.75, 3.05) is 20.8 Å². The molecule has 0 atom stereocenters. The topological polar surface area (TPSA) is 81.8 Å². The molecule has 0 saturated heterocycles. The summed E-state index contributed by atoms with van der Waals surface area (Å²) in [7, 11) is 2.79. The first-order chi connectivity index (χ1) is 7.56. The lowest BCUT2D eigenvalue weighted by Crippen LogP contribution is -2.14. The number of carbonyl (C=O) groups excluding carboxylic acids is 1. The molecule has 0 unspecified atom stereocenters. The van der Waals surface area contributed by atoms with Gasteiger partial charge in [-0.3, -0.25) is 4.79 Å². The first-order valence-electron chi connectivity index (χ1n) is 4.43. The number of phenolic OH excluding ortho intramolecular Hbond substituents is 1. The molecule has 16 heavy (non-hydrogen) atoms. The number of aromatic hydroxyl groups is 1. The van der Waals surface area contributed by atoms with Gasteiger partial charge in [-0.1, -0.05) is 11.6 Å². The SMILES string of the molecule is COc1cc(O)c(C(=O)CN)c(Cl)c1OC. The molecule has 1 rings (SSSR count). The van der Waals surface area contributed by atoms with Crippen molar-refractivity contribution in [1.82, 2.24) is 0 Å². The van der Waals surface area contributed by atoms with Gasteiger partial charge in [0, 0.05) is 6.07 Å². The van der Waals surface area contributed by atoms with Crippen molar-refractivity contribution in [2.24, 2.45) is 5.73 Å². The Labute approximate surface area is 97.7 Å². The molecule has 0 aliphatic heterocycles. The molecule has 6 heteroatoms. The number of carbonyl (C=O) groups is 1. The van der Waals surface area contributed by atoms with Crippen LogP contribution in [0, 0.1) is 0 Å². The van der Waals surface area contributed by atoms with Crippen LogP contribution in [0.4, 0.5) is 0 Å². The predicted molar refractivity (Wildman–Crippen MR) is 59.6 cm³/mol. The van der Waals surface area contributed by atoms with Crippen LogP contribution in [0.2, 0.25) is 5.02 Å². The van der Waals surface area contributed by atoms with E-state index in [1.807, 2.05) is 0 Å². The number of benzene rings is 1. The maximum atomic E-state index is 11.5. The Hall–Kier alpha value is -1.46. The quantitative estimate of drug-likeness (QED) is 0.779. The Kier molecular flexibility index (Phi) is 3.98. The molecule has 0 fully saturated rings. The highest BCUT2D eigenvalue weighted by atomic mass is 35.5. The van der Waals surface area contributed by atoms with E-state index in [0.29, 0.717) is 0 Å². The molecule has 0 amide bonds. The zero-order chi connectivity index (χ0) is 12.3. The van der Waals surface area contributed by atoms with Crippen molar-refractivity contribution < 1.29 is 19.4 Å². The van der Waals surface area contributed by atoms with E-state index in [1.165, 1.54) is 20.3 Å². The maximum Gasteiger partial charge on any atom is 0.181 e. The molecule has 0 aliphatic rings. The highest BCUT2D eigenvalue weighted by molar-refractivity contribution is 6.36. The normalized spacial score (nSPS) is 10.0. The van der Waals surface area contributed by atoms with Gasteiger partial charge in [0.25, 0.3) is 0 Å². The van der Waals surface area contributed by atoms with E-state index in [0.717, 1.165) is 0 Å². The zero-order valence-corrected chi connectivity index (χ0v) is 9.67. The van der Waals surface area contributed by atoms with E-state index in [9.17, 15) is 9.90 Å². The van der Waals surface area contributed by atoms with Crippen molar-refractivity contribution in [2.45, 2.75) is 0 Å². The van der Waals surface area contributed by atoms with Crippen LogP contribution in [-0.2, 0) is 0 Å². The summed E-state index contributed by atoms with van der Waals surface area (Å²) in [6, 6.07) is 1.26. The van der Waals surface area contributed by atoms with Gasteiger partial charge in [-0.25, -0.2) is 0 Å². The summed E-state index contributed by atoms with van der Waals surface area (Å²) in [5.41, 5.74) is 5.16. The Bertz CT molecular complexity index is 420. The zero-order valence-electron chi connectivity index (χ0n) is 8.91. The highest BCUT2D eigenvalue weighted by Crippen LogP contribution is 2.42. The highest BCUT2D eigenvalue weighted by Gasteiger charge is 2.22. The van der Waals surface area contributed by atoms with Crippen molar-refractivity contribution in [1.29, 1.82) is 0 Å². The van der Waals surface area contributed by atoms with Gasteiger partial charge in [0.05, 0.1) is 26.3 Å². The number of phenols is 1. The maximum absolute atomic E-state index is 11.5. The molecule has 1 aromatic carbocycles. The summed E-state index contributed by atoms with van der Waals surface area (Å²) in [6.07, 6.45) is 0. The second kappa shape index (κ2) is 5.05. The third-order valence-corrected chi connectivity index (χ3v) is 2.42. The van der Waals surface area contributed by atoms with E-state index in [4.69, 9.17) is 26.8 Å². The van der Waals surface area contributed by atoms with Gasteiger partial charge in [-0.15, -0.1) is 0 Å². The second-order valence-corrected chi connectivity index (χ2v) is 3.33. The fourth-order valence-corrected chi connectivity index (χ4v) is 1.68. The first-order valence-corrected chi connectivity index (χ1v) is 4.81. The largest absolute Gasteiger partial charge is 0.507 e. The third kappa shape index (κ3) is 2.05. The second-order valence-electron chi connectivity index (χ2n) is 2.95. The summed E-state index contributed by atoms with van der Waals surface area (Å²) < 4.78 is 9.95. The smallest absolute Gasteiger partial charge is 0.181 e. The number of hydrogen-bond acceptors (Lipinski definition) is 5. The fourth-order valence-electron chi connectivity index (χ4n) is 1.31. The van der Waals surface area contributed by atoms with Crippen LogP contribution in [0.25, 0.3) is 0 Å². The van der Waals surface area contributed by atoms with Gasteiger partial charge in [0.1, 0.15) is 10.8 Å². The molecule has 0 radical (unpaired) electrons. The Morgan fingerprint density at radius 3 is 2.56 bits per heavy atom. The van der Waals surface area contributed by atoms with Gasteiger partial charge in [-0.2, -0.15) is 0 Å². The number of methoxy groups -OCH3 is 2. The van der Waals surface area contributed by atoms with Gasteiger partial charge in [0.15, 0.2) is 17.3 Å². The number of Topliss-reactive ketones (excluding diaryl/α,β-unsaturated/α-hetero) is 1. The van der Waals surface area contributed by atoms with Crippen LogP contribution in [0.5, 0.6) is 17.2 Å². The molecule has 0 bridgehead atoms. The van der Waals surface area contributed by atoms with Crippen LogP contribution in [0.3, 0.4) is 0 Å². The number of ether oxygens (including phenoxy) is 2. The summed E-state index contributed by atoms with van der Waals surface area (Å²) >= 11 is 5.93. The van der Waals surface area contributed by atoms with Crippen molar-refractivity contribution in [3.63, 3.8) is 0 Å². The minimum absolute atomic E-state index is 0.00481. The molecular weight excluding hydrogens is 234 g/mol. The van der Waals surface area contributed by atoms with Gasteiger partial charge >= 0.3 is 0 Å². The molecule has 88 valence electrons. The van der Waals surface area contributed by atoms with Crippen LogP contribution in [0.15, 0.2) is 6.07 Å². The van der Waals surface area contributed by atoms with E-state index < -0.39 is 5.78 Å². The molecule has 0 saturated carbocycles. The summed E-state index contributed by atoms with van der Waals surface area (Å²) in [5, 5.41) is 9.62. The number of ketones is 1. The molecule has 0 heterocycles. The third-order valence-electron chi connectivity index (χ3n) is 2.05. The van der Waals surface area contributed by atoms with Gasteiger partial charge in [0.2, 0.25) is 0 Å². The molecule has 5 nitrogen and oxygen atoms in total. The van der Waals surface area contributed by atoms with Crippen LogP contribution in [0.1, 0.15) is 10.4 Å². The number of hydrogen-bond donors (Lipinski definition) is 2. The summed E-state index contributed by atoms with van der Waals surface area (Å²) in [5.74, 6) is -0.307. The molecule has 1 aromatic rings. The number of rotatable bonds is 4. The predicted octanol–water partition coefficient (Wildman–Crippen LogP) is 1.20. The first kappa shape index (κ1) is 12.6. The van der Waals surface area contributed by atoms with Crippen molar-refractivity contribution >= 4 is 17.4 Å². The van der Waals surface area contributed by atoms with Crippen LogP contribution in [-0.4, -0.2) is 31.7 Å². The molecular formula is C10H12ClNO4. The standard InChI is InChI=1S/C10H12ClNO4/c1-15-7-3-5(13)8(6(14)4-12)9(11)10(7)16-2/h3,13H,4,12H2,1-2H3. The Morgan fingerprint density at radius 1 is 1.50 bits per heavy atom. The molecule has 0 aromatic heterocycles. The van der Waals surface area contributed by atoms with Gasteiger partial charge < -0.3 is 20.3 Å². The lowest BCUT2D eigenvalue weighted by molar-refractivity contribution is 0.0998. The summed E-state index contributed by atoms with van der Waals surface area (Å²) in [4.78, 5) is 11.5. The molecule has 0 spiro atoms. The monoisotopic (exact) mass is 245 g/mol. The van der Waals surface area contributed by atoms with Crippen molar-refractivity contribution in [3.05, 3.63) is 16.7 Å². The number of halogens is 1. The van der Waals surface area contributed by atoms with Crippen LogP contribution < -0.4 is 15.2 Å². The lowest BCUT2D eigenvalue weighted by Gasteiger charge is -2.13. The fraction of sp³-hybridized carbons (Fsp3) is 0.300. The molecule has 3 N–H and O–H groups in total. The van der Waals surface area contributed by atoms with E-state index in [-0.39, 0.29) is 34.4 Å². The Morgan fingerprint density at radius 2 is 2.12 bits per heavy atom. The summed E-state index contributed by atoms with van der Waals surface area (Å²) in [6.45, 7) is -0.247. The van der Waals surface area contributed by atoms with Crippen LogP contribution >= 0.6 is 11.6 Å². The number of nitrogens with two attached hydrogens (primary N) is 1. The molecule has 0 aliphatic carbocycles. The minimum atomic E-state index is -0.469. The van der Waals surface area contributed by atoms with E-state index >= 15 is 0 Å². The average molecular weight is 246 g/mol. The van der Waals surface area contributed by atoms with E-state index in [2.05, 4.69) is 0 Å².